The number of hydrogen-bond acceptors (Lipinski definition) is 2. The molecule has 0 amide bonds. The summed E-state index contributed by atoms with van der Waals surface area (Å²) in [6.07, 6.45) is 0.350. The van der Waals surface area contributed by atoms with E-state index < -0.39 is 6.10 Å². The van der Waals surface area contributed by atoms with Crippen molar-refractivity contribution in [3.05, 3.63) is 115 Å². The second kappa shape index (κ2) is 9.85. The van der Waals surface area contributed by atoms with E-state index in [0.29, 0.717) is 8.58 Å². The molecule has 0 spiro atoms. The maximum atomic E-state index is 10.6. The predicted molar refractivity (Wildman–Crippen MR) is 144 cm³/mol. The lowest BCUT2D eigenvalue weighted by molar-refractivity contribution is 0.139. The van der Waals surface area contributed by atoms with Gasteiger partial charge in [-0.1, -0.05) is 112 Å². The van der Waals surface area contributed by atoms with Gasteiger partial charge in [0.25, 0.3) is 0 Å². The summed E-state index contributed by atoms with van der Waals surface area (Å²) in [6.45, 7) is 2.04. The predicted octanol–water partition coefficient (Wildman–Crippen LogP) is 6.63. The van der Waals surface area contributed by atoms with Gasteiger partial charge in [0.05, 0.1) is 6.10 Å². The topological polar surface area (TPSA) is 32.3 Å². The van der Waals surface area contributed by atoms with Gasteiger partial charge < -0.3 is 10.4 Å². The molecule has 2 N–H and O–H groups in total. The van der Waals surface area contributed by atoms with Crippen molar-refractivity contribution in [2.45, 2.75) is 19.1 Å². The minimum atomic E-state index is -0.500. The van der Waals surface area contributed by atoms with Gasteiger partial charge in [0.2, 0.25) is 0 Å². The normalized spacial score (nSPS) is 13.6. The molecule has 0 aliphatic heterocycles. The van der Waals surface area contributed by atoms with Crippen LogP contribution in [0.4, 0.5) is 0 Å². The third kappa shape index (κ3) is 4.70. The Balaban J connectivity index is 1.30. The largest absolute Gasteiger partial charge is 0.387 e. The van der Waals surface area contributed by atoms with Crippen molar-refractivity contribution in [2.75, 3.05) is 6.29 Å². The van der Waals surface area contributed by atoms with Crippen LogP contribution in [0.2, 0.25) is 0 Å². The highest BCUT2D eigenvalue weighted by Gasteiger charge is 2.15. The second-order valence-electron chi connectivity index (χ2n) is 8.47. The molecule has 0 saturated carbocycles. The third-order valence-electron chi connectivity index (χ3n) is 6.30. The Morgan fingerprint density at radius 2 is 1.36 bits per heavy atom. The lowest BCUT2D eigenvalue weighted by atomic mass is 9.93. The van der Waals surface area contributed by atoms with E-state index >= 15 is 0 Å². The van der Waals surface area contributed by atoms with E-state index in [4.69, 9.17) is 0 Å². The van der Waals surface area contributed by atoms with Crippen LogP contribution in [0, 0.1) is 0 Å². The molecular weight excluding hydrogens is 421 g/mol. The number of aliphatic hydroxyl groups excluding tert-OH is 1. The number of hydrogen-bond donors (Lipinski definition) is 2. The first kappa shape index (κ1) is 21.8. The second-order valence-corrected chi connectivity index (χ2v) is 9.75. The molecule has 5 rings (SSSR count). The quantitative estimate of drug-likeness (QED) is 0.216. The lowest BCUT2D eigenvalue weighted by Gasteiger charge is -2.20. The van der Waals surface area contributed by atoms with Crippen molar-refractivity contribution in [3.8, 4) is 11.1 Å². The van der Waals surface area contributed by atoms with Gasteiger partial charge in [0, 0.05) is 12.3 Å². The summed E-state index contributed by atoms with van der Waals surface area (Å²) in [6, 6.07) is 38.4. The van der Waals surface area contributed by atoms with Crippen molar-refractivity contribution in [1.29, 1.82) is 0 Å². The smallest absolute Gasteiger partial charge is 0.0940 e. The molecule has 1 unspecified atom stereocenters. The average Bonchev–Trinajstić information content (AvgIpc) is 2.88. The number of aliphatic hydroxyl groups is 1. The van der Waals surface area contributed by atoms with Gasteiger partial charge in [0.1, 0.15) is 0 Å². The maximum Gasteiger partial charge on any atom is 0.0940 e. The van der Waals surface area contributed by atoms with Crippen LogP contribution in [0.1, 0.15) is 18.6 Å². The number of benzene rings is 5. The highest BCUT2D eigenvalue weighted by molar-refractivity contribution is 7.47. The molecule has 0 aliphatic carbocycles. The fraction of sp³-hybridized carbons (Fsp3) is 0.133. The van der Waals surface area contributed by atoms with Crippen molar-refractivity contribution < 1.29 is 5.11 Å². The minimum Gasteiger partial charge on any atom is -0.387 e. The van der Waals surface area contributed by atoms with Gasteiger partial charge >= 0.3 is 0 Å². The summed E-state index contributed by atoms with van der Waals surface area (Å²) in [5.41, 5.74) is 3.47. The highest BCUT2D eigenvalue weighted by Crippen LogP contribution is 2.34. The van der Waals surface area contributed by atoms with E-state index in [0.717, 1.165) is 11.8 Å². The van der Waals surface area contributed by atoms with Crippen molar-refractivity contribution in [1.82, 2.24) is 5.32 Å². The monoisotopic (exact) mass is 449 g/mol. The van der Waals surface area contributed by atoms with Crippen LogP contribution in [0.15, 0.2) is 109 Å². The van der Waals surface area contributed by atoms with E-state index in [1.807, 2.05) is 37.3 Å². The zero-order valence-electron chi connectivity index (χ0n) is 18.7. The Bertz CT molecular complexity index is 1370. The summed E-state index contributed by atoms with van der Waals surface area (Å²) in [5, 5.41) is 20.5. The Hall–Kier alpha value is -3.03. The van der Waals surface area contributed by atoms with E-state index in [-0.39, 0.29) is 6.04 Å². The van der Waals surface area contributed by atoms with Gasteiger partial charge in [0.15, 0.2) is 0 Å². The molecule has 33 heavy (non-hydrogen) atoms. The summed E-state index contributed by atoms with van der Waals surface area (Å²) in [5.74, 6) is 0. The number of rotatable bonds is 7. The van der Waals surface area contributed by atoms with E-state index in [2.05, 4.69) is 84.2 Å². The van der Waals surface area contributed by atoms with Crippen LogP contribution < -0.4 is 10.6 Å². The zero-order chi connectivity index (χ0) is 22.6. The summed E-state index contributed by atoms with van der Waals surface area (Å²) in [7, 11) is 0.645. The van der Waals surface area contributed by atoms with Gasteiger partial charge in [-0.25, -0.2) is 0 Å². The van der Waals surface area contributed by atoms with Crippen molar-refractivity contribution >= 4 is 35.4 Å². The molecule has 0 aliphatic rings. The molecule has 0 heterocycles. The Morgan fingerprint density at radius 1 is 0.727 bits per heavy atom. The fourth-order valence-corrected chi connectivity index (χ4v) is 5.46. The van der Waals surface area contributed by atoms with Crippen LogP contribution in [0.3, 0.4) is 0 Å². The molecule has 5 aromatic carbocycles. The Kier molecular flexibility index (Phi) is 6.51. The molecule has 0 radical (unpaired) electrons. The first-order chi connectivity index (χ1) is 16.2. The molecule has 0 bridgehead atoms. The third-order valence-corrected chi connectivity index (χ3v) is 7.42. The number of fused-ring (bicyclic) bond motifs is 3. The maximum absolute atomic E-state index is 10.6. The zero-order valence-corrected chi connectivity index (χ0v) is 19.7. The van der Waals surface area contributed by atoms with Crippen LogP contribution in [-0.4, -0.2) is 17.4 Å². The van der Waals surface area contributed by atoms with Gasteiger partial charge in [-0.2, -0.15) is 0 Å². The molecule has 3 atom stereocenters. The molecule has 164 valence electrons. The average molecular weight is 450 g/mol. The van der Waals surface area contributed by atoms with Gasteiger partial charge in [-0.15, -0.1) is 0 Å². The number of nitrogens with one attached hydrogen (secondary N) is 1. The summed E-state index contributed by atoms with van der Waals surface area (Å²) < 4.78 is 0. The minimum absolute atomic E-state index is 0.00291. The van der Waals surface area contributed by atoms with E-state index in [1.165, 1.54) is 38.0 Å². The summed E-state index contributed by atoms with van der Waals surface area (Å²) in [4.78, 5) is 0. The Morgan fingerprint density at radius 3 is 2.12 bits per heavy atom. The highest BCUT2D eigenvalue weighted by atomic mass is 31.1. The van der Waals surface area contributed by atoms with Crippen LogP contribution in [-0.2, 0) is 0 Å². The molecular formula is C30H28NOP. The summed E-state index contributed by atoms with van der Waals surface area (Å²) >= 11 is 0. The SMILES string of the molecule is C[C@H](NCPc1ccc(-c2cc3ccccc3c3ccccc23)cc1)[C@H](O)c1ccccc1. The lowest BCUT2D eigenvalue weighted by Crippen LogP contribution is -2.32. The molecule has 0 saturated heterocycles. The fourth-order valence-electron chi connectivity index (χ4n) is 4.43. The first-order valence-electron chi connectivity index (χ1n) is 11.4. The Labute approximate surface area is 197 Å². The molecule has 2 nitrogen and oxygen atoms in total. The van der Waals surface area contributed by atoms with Gasteiger partial charge in [-0.3, -0.25) is 0 Å². The molecule has 3 heteroatoms. The van der Waals surface area contributed by atoms with Crippen molar-refractivity contribution in [2.24, 2.45) is 0 Å². The van der Waals surface area contributed by atoms with Crippen LogP contribution >= 0.6 is 8.58 Å². The van der Waals surface area contributed by atoms with Gasteiger partial charge in [-0.05, 0) is 56.5 Å². The molecule has 0 aromatic heterocycles. The van der Waals surface area contributed by atoms with E-state index in [9.17, 15) is 5.11 Å². The molecule has 0 fully saturated rings. The molecule has 5 aromatic rings. The standard InChI is InChI=1S/C30H28NOP/c1-21(30(32)23-9-3-2-4-10-23)31-20-33-25-17-15-22(16-18-25)29-19-24-11-5-6-12-26(24)27-13-7-8-14-28(27)29/h2-19,21,30-33H,20H2,1H3/t21-,30-/m0/s1. The van der Waals surface area contributed by atoms with Crippen LogP contribution in [0.25, 0.3) is 32.7 Å². The van der Waals surface area contributed by atoms with Crippen LogP contribution in [0.5, 0.6) is 0 Å². The first-order valence-corrected chi connectivity index (χ1v) is 12.6. The van der Waals surface area contributed by atoms with E-state index in [1.54, 1.807) is 0 Å². The van der Waals surface area contributed by atoms with Crippen molar-refractivity contribution in [3.63, 3.8) is 0 Å².